The largest absolute Gasteiger partial charge is 0.350 e. The molecule has 1 saturated heterocycles. The zero-order valence-corrected chi connectivity index (χ0v) is 11.5. The van der Waals surface area contributed by atoms with Gasteiger partial charge in [-0.3, -0.25) is 9.69 Å². The van der Waals surface area contributed by atoms with Crippen molar-refractivity contribution in [1.29, 1.82) is 0 Å². The van der Waals surface area contributed by atoms with Crippen LogP contribution in [0.4, 0.5) is 0 Å². The van der Waals surface area contributed by atoms with Gasteiger partial charge in [0.2, 0.25) is 5.91 Å². The molecule has 2 unspecified atom stereocenters. The number of rotatable bonds is 2. The van der Waals surface area contributed by atoms with Gasteiger partial charge in [0.1, 0.15) is 0 Å². The number of hydrogen-bond donors (Lipinski definition) is 1. The van der Waals surface area contributed by atoms with Crippen LogP contribution in [0.2, 0.25) is 0 Å². The summed E-state index contributed by atoms with van der Waals surface area (Å²) in [5, 5.41) is 3.05. The lowest BCUT2D eigenvalue weighted by atomic mass is 9.78. The molecule has 2 rings (SSSR count). The molecule has 0 aromatic carbocycles. The van der Waals surface area contributed by atoms with Crippen LogP contribution >= 0.6 is 0 Å². The first-order valence-electron chi connectivity index (χ1n) is 6.96. The number of amides is 1. The lowest BCUT2D eigenvalue weighted by Crippen LogP contribution is -2.50. The Morgan fingerprint density at radius 3 is 2.35 bits per heavy atom. The molecule has 98 valence electrons. The first kappa shape index (κ1) is 12.9. The Bertz CT molecular complexity index is 270. The van der Waals surface area contributed by atoms with Crippen LogP contribution in [-0.4, -0.2) is 36.0 Å². The quantitative estimate of drug-likeness (QED) is 0.798. The Morgan fingerprint density at radius 2 is 1.82 bits per heavy atom. The molecule has 2 aliphatic rings. The third-order valence-corrected chi connectivity index (χ3v) is 3.81. The molecule has 1 aliphatic heterocycles. The van der Waals surface area contributed by atoms with Crippen LogP contribution in [0.25, 0.3) is 0 Å². The van der Waals surface area contributed by atoms with E-state index in [4.69, 9.17) is 0 Å². The minimum absolute atomic E-state index is 0.108. The molecule has 1 aliphatic carbocycles. The fraction of sp³-hybridized carbons (Fsp3) is 0.929. The van der Waals surface area contributed by atoms with Crippen molar-refractivity contribution in [2.24, 2.45) is 11.8 Å². The van der Waals surface area contributed by atoms with E-state index in [1.54, 1.807) is 0 Å². The second kappa shape index (κ2) is 4.97. The Morgan fingerprint density at radius 1 is 1.24 bits per heavy atom. The van der Waals surface area contributed by atoms with Gasteiger partial charge < -0.3 is 5.32 Å². The molecule has 2 bridgehead atoms. The summed E-state index contributed by atoms with van der Waals surface area (Å²) < 4.78 is 0. The SMILES string of the molecule is CC(C)(C)NC(=O)CN1CC2CCCC(C2)C1. The predicted molar refractivity (Wildman–Crippen MR) is 69.8 cm³/mol. The maximum atomic E-state index is 11.9. The number of piperidine rings is 1. The van der Waals surface area contributed by atoms with Gasteiger partial charge in [0.25, 0.3) is 0 Å². The van der Waals surface area contributed by atoms with E-state index in [-0.39, 0.29) is 11.4 Å². The van der Waals surface area contributed by atoms with Gasteiger partial charge in [-0.2, -0.15) is 0 Å². The average Bonchev–Trinajstić information content (AvgIpc) is 2.13. The molecular formula is C14H26N2O. The highest BCUT2D eigenvalue weighted by Gasteiger charge is 2.31. The van der Waals surface area contributed by atoms with Crippen molar-refractivity contribution in [1.82, 2.24) is 10.2 Å². The molecule has 2 atom stereocenters. The number of nitrogens with zero attached hydrogens (tertiary/aromatic N) is 1. The lowest BCUT2D eigenvalue weighted by molar-refractivity contribution is -0.124. The lowest BCUT2D eigenvalue weighted by Gasteiger charge is -2.41. The Kier molecular flexibility index (Phi) is 3.76. The smallest absolute Gasteiger partial charge is 0.234 e. The highest BCUT2D eigenvalue weighted by Crippen LogP contribution is 2.34. The summed E-state index contributed by atoms with van der Waals surface area (Å²) in [7, 11) is 0. The minimum Gasteiger partial charge on any atom is -0.350 e. The second-order valence-electron chi connectivity index (χ2n) is 6.89. The molecule has 0 aromatic rings. The van der Waals surface area contributed by atoms with Gasteiger partial charge >= 0.3 is 0 Å². The molecule has 17 heavy (non-hydrogen) atoms. The molecule has 0 spiro atoms. The van der Waals surface area contributed by atoms with Gasteiger partial charge in [-0.15, -0.1) is 0 Å². The molecule has 3 heteroatoms. The standard InChI is InChI=1S/C14H26N2O/c1-14(2,3)15-13(17)10-16-8-11-5-4-6-12(7-11)9-16/h11-12H,4-10H2,1-3H3,(H,15,17). The third-order valence-electron chi connectivity index (χ3n) is 3.81. The molecule has 1 saturated carbocycles. The van der Waals surface area contributed by atoms with Gasteiger partial charge in [-0.1, -0.05) is 6.42 Å². The highest BCUT2D eigenvalue weighted by molar-refractivity contribution is 5.78. The predicted octanol–water partition coefficient (Wildman–Crippen LogP) is 2.02. The fourth-order valence-corrected chi connectivity index (χ4v) is 3.33. The number of nitrogens with one attached hydrogen (secondary N) is 1. The zero-order chi connectivity index (χ0) is 12.5. The minimum atomic E-state index is -0.108. The first-order valence-corrected chi connectivity index (χ1v) is 6.96. The Balaban J connectivity index is 1.81. The van der Waals surface area contributed by atoms with E-state index in [0.29, 0.717) is 6.54 Å². The van der Waals surface area contributed by atoms with Crippen LogP contribution < -0.4 is 5.32 Å². The van der Waals surface area contributed by atoms with Gasteiger partial charge in [-0.05, 0) is 51.9 Å². The van der Waals surface area contributed by atoms with Gasteiger partial charge in [-0.25, -0.2) is 0 Å². The number of hydrogen-bond acceptors (Lipinski definition) is 2. The molecule has 2 fully saturated rings. The van der Waals surface area contributed by atoms with Gasteiger partial charge in [0.05, 0.1) is 6.54 Å². The maximum Gasteiger partial charge on any atom is 0.234 e. The van der Waals surface area contributed by atoms with Crippen molar-refractivity contribution in [3.8, 4) is 0 Å². The van der Waals surface area contributed by atoms with Crippen LogP contribution in [-0.2, 0) is 4.79 Å². The highest BCUT2D eigenvalue weighted by atomic mass is 16.2. The van der Waals surface area contributed by atoms with Crippen LogP contribution in [0.3, 0.4) is 0 Å². The topological polar surface area (TPSA) is 32.3 Å². The summed E-state index contributed by atoms with van der Waals surface area (Å²) in [5.41, 5.74) is -0.108. The van der Waals surface area contributed by atoms with Crippen LogP contribution in [0.15, 0.2) is 0 Å². The van der Waals surface area contributed by atoms with E-state index >= 15 is 0 Å². The maximum absolute atomic E-state index is 11.9. The molecule has 1 amide bonds. The summed E-state index contributed by atoms with van der Waals surface area (Å²) in [5.74, 6) is 1.88. The van der Waals surface area contributed by atoms with Crippen LogP contribution in [0.5, 0.6) is 0 Å². The van der Waals surface area contributed by atoms with Crippen molar-refractivity contribution in [3.63, 3.8) is 0 Å². The molecule has 0 aromatic heterocycles. The number of likely N-dealkylation sites (tertiary alicyclic amines) is 1. The average molecular weight is 238 g/mol. The van der Waals surface area contributed by atoms with Crippen molar-refractivity contribution in [2.75, 3.05) is 19.6 Å². The van der Waals surface area contributed by atoms with E-state index in [9.17, 15) is 4.79 Å². The summed E-state index contributed by atoms with van der Waals surface area (Å²) in [4.78, 5) is 14.3. The van der Waals surface area contributed by atoms with Gasteiger partial charge in [0.15, 0.2) is 0 Å². The Labute approximate surface area is 105 Å². The fourth-order valence-electron chi connectivity index (χ4n) is 3.33. The Hall–Kier alpha value is -0.570. The summed E-state index contributed by atoms with van der Waals surface area (Å²) >= 11 is 0. The van der Waals surface area contributed by atoms with Crippen molar-refractivity contribution < 1.29 is 4.79 Å². The first-order chi connectivity index (χ1) is 7.92. The van der Waals surface area contributed by atoms with E-state index in [1.165, 1.54) is 25.7 Å². The third kappa shape index (κ3) is 3.98. The molecule has 1 N–H and O–H groups in total. The van der Waals surface area contributed by atoms with Crippen molar-refractivity contribution in [2.45, 2.75) is 52.0 Å². The molecular weight excluding hydrogens is 212 g/mol. The van der Waals surface area contributed by atoms with E-state index in [1.807, 2.05) is 20.8 Å². The zero-order valence-electron chi connectivity index (χ0n) is 11.5. The summed E-state index contributed by atoms with van der Waals surface area (Å²) in [6.07, 6.45) is 5.54. The van der Waals surface area contributed by atoms with Gasteiger partial charge in [0, 0.05) is 18.6 Å². The monoisotopic (exact) mass is 238 g/mol. The molecule has 1 heterocycles. The second-order valence-corrected chi connectivity index (χ2v) is 6.89. The van der Waals surface area contributed by atoms with E-state index < -0.39 is 0 Å². The van der Waals surface area contributed by atoms with E-state index in [0.717, 1.165) is 24.9 Å². The number of fused-ring (bicyclic) bond motifs is 2. The molecule has 0 radical (unpaired) electrons. The van der Waals surface area contributed by atoms with E-state index in [2.05, 4.69) is 10.2 Å². The van der Waals surface area contributed by atoms with Crippen LogP contribution in [0.1, 0.15) is 46.5 Å². The van der Waals surface area contributed by atoms with Crippen molar-refractivity contribution >= 4 is 5.91 Å². The van der Waals surface area contributed by atoms with Crippen molar-refractivity contribution in [3.05, 3.63) is 0 Å². The summed E-state index contributed by atoms with van der Waals surface area (Å²) in [6.45, 7) is 8.97. The number of carbonyl (C=O) groups is 1. The summed E-state index contributed by atoms with van der Waals surface area (Å²) in [6, 6.07) is 0. The normalized spacial score (nSPS) is 30.1. The molecule has 3 nitrogen and oxygen atoms in total. The number of carbonyl (C=O) groups excluding carboxylic acids is 1. The van der Waals surface area contributed by atoms with Crippen LogP contribution in [0, 0.1) is 11.8 Å².